The normalized spacial score (nSPS) is 16.9. The summed E-state index contributed by atoms with van der Waals surface area (Å²) in [4.78, 5) is 25.3. The number of hydrogen-bond donors (Lipinski definition) is 2. The first kappa shape index (κ1) is 25.0. The van der Waals surface area contributed by atoms with E-state index < -0.39 is 6.04 Å². The van der Waals surface area contributed by atoms with Crippen LogP contribution in [0.2, 0.25) is 5.02 Å². The molecule has 1 aliphatic rings. The number of rotatable bonds is 4. The molecule has 0 fully saturated rings. The SMILES string of the molecule is O=C(/C=C/c1cc(Cl)ccc1-n1cnnn1)N[C@H]1C/C=C/CCCC(=O)Nc2ccccc2-c2nnc1o2. The van der Waals surface area contributed by atoms with E-state index in [4.69, 9.17) is 16.0 Å². The Bertz CT molecular complexity index is 1500. The molecule has 2 aromatic heterocycles. The van der Waals surface area contributed by atoms with Crippen LogP contribution in [0.4, 0.5) is 5.69 Å². The van der Waals surface area contributed by atoms with Gasteiger partial charge in [-0.3, -0.25) is 9.59 Å². The lowest BCUT2D eigenvalue weighted by Gasteiger charge is -2.13. The first-order valence-electron chi connectivity index (χ1n) is 12.0. The summed E-state index contributed by atoms with van der Waals surface area (Å²) in [5.74, 6) is 0.0561. The van der Waals surface area contributed by atoms with Gasteiger partial charge in [0.1, 0.15) is 12.4 Å². The molecular formula is C26H23ClN8O3. The van der Waals surface area contributed by atoms with Gasteiger partial charge in [-0.2, -0.15) is 4.68 Å². The van der Waals surface area contributed by atoms with Crippen LogP contribution in [0, 0.1) is 0 Å². The highest BCUT2D eigenvalue weighted by atomic mass is 35.5. The molecule has 0 saturated heterocycles. The van der Waals surface area contributed by atoms with Crippen LogP contribution in [0.25, 0.3) is 23.2 Å². The molecule has 192 valence electrons. The predicted octanol–water partition coefficient (Wildman–Crippen LogP) is 4.31. The minimum absolute atomic E-state index is 0.0810. The number of tetrazole rings is 1. The summed E-state index contributed by atoms with van der Waals surface area (Å²) in [5, 5.41) is 26.0. The maximum atomic E-state index is 13.0. The quantitative estimate of drug-likeness (QED) is 0.294. The zero-order valence-electron chi connectivity index (χ0n) is 20.1. The largest absolute Gasteiger partial charge is 0.418 e. The van der Waals surface area contributed by atoms with Crippen molar-refractivity contribution in [1.29, 1.82) is 0 Å². The van der Waals surface area contributed by atoms with Crippen LogP contribution in [0.15, 0.2) is 71.4 Å². The molecular weight excluding hydrogens is 508 g/mol. The van der Waals surface area contributed by atoms with Crippen molar-refractivity contribution in [2.75, 3.05) is 5.32 Å². The van der Waals surface area contributed by atoms with E-state index in [1.165, 1.54) is 17.1 Å². The number of carbonyl (C=O) groups excluding carboxylic acids is 2. The summed E-state index contributed by atoms with van der Waals surface area (Å²) in [6, 6.07) is 11.9. The number of amides is 2. The zero-order valence-corrected chi connectivity index (χ0v) is 20.9. The Hall–Kier alpha value is -4.64. The third kappa shape index (κ3) is 6.01. The number of anilines is 1. The third-order valence-electron chi connectivity index (χ3n) is 5.80. The number of fused-ring (bicyclic) bond motifs is 4. The average Bonchev–Trinajstić information content (AvgIpc) is 3.62. The summed E-state index contributed by atoms with van der Waals surface area (Å²) in [7, 11) is 0. The monoisotopic (exact) mass is 530 g/mol. The Morgan fingerprint density at radius 3 is 2.95 bits per heavy atom. The Morgan fingerprint density at radius 1 is 1.18 bits per heavy atom. The second-order valence-electron chi connectivity index (χ2n) is 8.49. The molecule has 2 bridgehead atoms. The van der Waals surface area contributed by atoms with Gasteiger partial charge in [-0.15, -0.1) is 15.3 Å². The summed E-state index contributed by atoms with van der Waals surface area (Å²) >= 11 is 6.17. The molecule has 1 atom stereocenters. The van der Waals surface area contributed by atoms with Crippen molar-refractivity contribution in [2.24, 2.45) is 0 Å². The van der Waals surface area contributed by atoms with Crippen molar-refractivity contribution < 1.29 is 14.0 Å². The molecule has 1 aliphatic heterocycles. The van der Waals surface area contributed by atoms with Crippen molar-refractivity contribution in [3.63, 3.8) is 0 Å². The Balaban J connectivity index is 1.39. The second kappa shape index (κ2) is 11.6. The molecule has 2 N–H and O–H groups in total. The number of aromatic nitrogens is 6. The van der Waals surface area contributed by atoms with Gasteiger partial charge in [0.05, 0.1) is 16.9 Å². The Kier molecular flexibility index (Phi) is 7.65. The first-order chi connectivity index (χ1) is 18.6. The van der Waals surface area contributed by atoms with Gasteiger partial charge in [-0.1, -0.05) is 35.9 Å². The van der Waals surface area contributed by atoms with E-state index in [0.29, 0.717) is 46.8 Å². The van der Waals surface area contributed by atoms with E-state index in [1.807, 2.05) is 24.3 Å². The lowest BCUT2D eigenvalue weighted by atomic mass is 10.1. The van der Waals surface area contributed by atoms with E-state index in [-0.39, 0.29) is 23.6 Å². The molecule has 2 amide bonds. The van der Waals surface area contributed by atoms with E-state index in [9.17, 15) is 9.59 Å². The molecule has 0 radical (unpaired) electrons. The lowest BCUT2D eigenvalue weighted by Crippen LogP contribution is -2.26. The lowest BCUT2D eigenvalue weighted by molar-refractivity contribution is -0.117. The number of para-hydroxylation sites is 1. The highest BCUT2D eigenvalue weighted by Gasteiger charge is 2.21. The number of halogens is 1. The fraction of sp³-hybridized carbons (Fsp3) is 0.192. The Morgan fingerprint density at radius 2 is 2.08 bits per heavy atom. The number of benzene rings is 2. The third-order valence-corrected chi connectivity index (χ3v) is 6.03. The summed E-state index contributed by atoms with van der Waals surface area (Å²) < 4.78 is 7.44. The summed E-state index contributed by atoms with van der Waals surface area (Å²) in [6.07, 6.45) is 10.6. The standard InChI is InChI=1S/C26H23ClN8O3/c27-18-12-13-22(35-16-28-33-34-35)17(15-18)11-14-24(37)30-21-9-3-1-2-4-10-23(36)29-20-8-6-5-7-19(20)25-31-32-26(21)38-25/h1,3,5-8,11-16,21H,2,4,9-10H2,(H,29,36)(H,30,37)/b3-1+,14-11+/t21-/m0/s1. The zero-order chi connectivity index (χ0) is 26.3. The fourth-order valence-electron chi connectivity index (χ4n) is 3.95. The topological polar surface area (TPSA) is 141 Å². The van der Waals surface area contributed by atoms with Gasteiger partial charge in [0.25, 0.3) is 0 Å². The molecule has 0 spiro atoms. The molecule has 38 heavy (non-hydrogen) atoms. The Labute approximate surface area is 222 Å². The van der Waals surface area contributed by atoms with E-state index in [2.05, 4.69) is 36.4 Å². The van der Waals surface area contributed by atoms with Gasteiger partial charge < -0.3 is 15.1 Å². The maximum Gasteiger partial charge on any atom is 0.249 e. The van der Waals surface area contributed by atoms with Gasteiger partial charge in [0.15, 0.2) is 0 Å². The predicted molar refractivity (Wildman–Crippen MR) is 140 cm³/mol. The van der Waals surface area contributed by atoms with Crippen LogP contribution in [-0.2, 0) is 9.59 Å². The molecule has 0 unspecified atom stereocenters. The van der Waals surface area contributed by atoms with Gasteiger partial charge in [0, 0.05) is 23.1 Å². The van der Waals surface area contributed by atoms with Crippen LogP contribution in [0.5, 0.6) is 0 Å². The van der Waals surface area contributed by atoms with Crippen LogP contribution in [-0.4, -0.2) is 42.2 Å². The second-order valence-corrected chi connectivity index (χ2v) is 8.93. The van der Waals surface area contributed by atoms with Gasteiger partial charge in [-0.25, -0.2) is 0 Å². The van der Waals surface area contributed by atoms with Gasteiger partial charge >= 0.3 is 0 Å². The van der Waals surface area contributed by atoms with Crippen LogP contribution in [0.1, 0.15) is 43.2 Å². The fourth-order valence-corrected chi connectivity index (χ4v) is 4.13. The highest BCUT2D eigenvalue weighted by Crippen LogP contribution is 2.29. The molecule has 11 nitrogen and oxygen atoms in total. The number of nitrogens with one attached hydrogen (secondary N) is 2. The van der Waals surface area contributed by atoms with Crippen molar-refractivity contribution in [1.82, 2.24) is 35.7 Å². The van der Waals surface area contributed by atoms with Crippen molar-refractivity contribution in [3.8, 4) is 17.1 Å². The number of allylic oxidation sites excluding steroid dienone is 1. The molecule has 0 aliphatic carbocycles. The molecule has 0 saturated carbocycles. The molecule has 4 aromatic rings. The molecule has 3 heterocycles. The highest BCUT2D eigenvalue weighted by molar-refractivity contribution is 6.30. The minimum atomic E-state index is -0.562. The van der Waals surface area contributed by atoms with Crippen LogP contribution < -0.4 is 10.6 Å². The molecule has 2 aromatic carbocycles. The summed E-state index contributed by atoms with van der Waals surface area (Å²) in [6.45, 7) is 0. The molecule has 5 rings (SSSR count). The number of carbonyl (C=O) groups is 2. The average molecular weight is 531 g/mol. The van der Waals surface area contributed by atoms with Gasteiger partial charge in [0.2, 0.25) is 23.6 Å². The van der Waals surface area contributed by atoms with E-state index >= 15 is 0 Å². The smallest absolute Gasteiger partial charge is 0.249 e. The van der Waals surface area contributed by atoms with Gasteiger partial charge in [-0.05, 0) is 66.1 Å². The van der Waals surface area contributed by atoms with Crippen molar-refractivity contribution in [3.05, 3.63) is 83.5 Å². The molecule has 12 heteroatoms. The number of nitrogens with zero attached hydrogens (tertiary/aromatic N) is 6. The maximum absolute atomic E-state index is 13.0. The first-order valence-corrected chi connectivity index (χ1v) is 12.3. The van der Waals surface area contributed by atoms with E-state index in [0.717, 1.165) is 6.42 Å². The van der Waals surface area contributed by atoms with Crippen molar-refractivity contribution >= 4 is 35.2 Å². The summed E-state index contributed by atoms with van der Waals surface area (Å²) in [5.41, 5.74) is 2.51. The van der Waals surface area contributed by atoms with E-state index in [1.54, 1.807) is 36.4 Å². The van der Waals surface area contributed by atoms with Crippen LogP contribution in [0.3, 0.4) is 0 Å². The minimum Gasteiger partial charge on any atom is -0.418 e. The van der Waals surface area contributed by atoms with Crippen LogP contribution >= 0.6 is 11.6 Å². The number of hydrogen-bond acceptors (Lipinski definition) is 8. The van der Waals surface area contributed by atoms with Crippen molar-refractivity contribution in [2.45, 2.75) is 31.7 Å².